The van der Waals surface area contributed by atoms with Crippen LogP contribution in [0.15, 0.2) is 42.5 Å². The van der Waals surface area contributed by atoms with Crippen molar-refractivity contribution >= 4 is 22.7 Å². The number of hydrogen-bond acceptors (Lipinski definition) is 4. The number of fused-ring (bicyclic) bond motifs is 1. The summed E-state index contributed by atoms with van der Waals surface area (Å²) in [6.07, 6.45) is 0. The lowest BCUT2D eigenvalue weighted by atomic mass is 10.1. The summed E-state index contributed by atoms with van der Waals surface area (Å²) in [5.41, 5.74) is 0.825. The van der Waals surface area contributed by atoms with Crippen molar-refractivity contribution in [2.75, 3.05) is 7.11 Å². The number of rotatable bonds is 2. The van der Waals surface area contributed by atoms with Crippen molar-refractivity contribution in [3.63, 3.8) is 0 Å². The summed E-state index contributed by atoms with van der Waals surface area (Å²) in [4.78, 5) is 22.0. The Hall–Kier alpha value is -2.36. The van der Waals surface area contributed by atoms with Crippen LogP contribution in [0.2, 0.25) is 0 Å². The molecule has 18 heavy (non-hydrogen) atoms. The van der Waals surface area contributed by atoms with Crippen molar-refractivity contribution in [3.05, 3.63) is 48.0 Å². The van der Waals surface area contributed by atoms with Gasteiger partial charge in [-0.3, -0.25) is 0 Å². The normalized spacial score (nSPS) is 10.1. The summed E-state index contributed by atoms with van der Waals surface area (Å²) in [6.45, 7) is 0.0543. The second-order valence-corrected chi connectivity index (χ2v) is 3.75. The van der Waals surface area contributed by atoms with Crippen molar-refractivity contribution in [3.8, 4) is 0 Å². The van der Waals surface area contributed by atoms with Gasteiger partial charge in [0, 0.05) is 0 Å². The molecule has 0 aliphatic heterocycles. The molecule has 2 aromatic carbocycles. The van der Waals surface area contributed by atoms with Gasteiger partial charge in [0.25, 0.3) is 0 Å². The van der Waals surface area contributed by atoms with Gasteiger partial charge in [0.15, 0.2) is 0 Å². The first kappa shape index (κ1) is 12.1. The third-order valence-electron chi connectivity index (χ3n) is 2.54. The monoisotopic (exact) mass is 244 g/mol. The van der Waals surface area contributed by atoms with Crippen LogP contribution in [0, 0.1) is 0 Å². The average Bonchev–Trinajstić information content (AvgIpc) is 2.43. The highest BCUT2D eigenvalue weighted by Gasteiger charge is 2.15. The Morgan fingerprint density at radius 3 is 2.44 bits per heavy atom. The fraction of sp³-hybridized carbons (Fsp3) is 0.143. The minimum Gasteiger partial charge on any atom is -0.461 e. The highest BCUT2D eigenvalue weighted by molar-refractivity contribution is 6.29. The molecule has 0 aromatic heterocycles. The van der Waals surface area contributed by atoms with Crippen LogP contribution in [0.3, 0.4) is 0 Å². The van der Waals surface area contributed by atoms with E-state index in [1.54, 1.807) is 0 Å². The molecule has 0 spiro atoms. The Labute approximate surface area is 104 Å². The number of ether oxygens (including phenoxy) is 2. The summed E-state index contributed by atoms with van der Waals surface area (Å²) in [5.74, 6) is -1.97. The van der Waals surface area contributed by atoms with Gasteiger partial charge in [-0.1, -0.05) is 36.4 Å². The summed E-state index contributed by atoms with van der Waals surface area (Å²) in [5, 5.41) is 2.17. The number of esters is 2. The SMILES string of the molecule is COC(=O)C(=O)OCc1ccc2ccccc2c1. The number of carbonyl (C=O) groups is 2. The highest BCUT2D eigenvalue weighted by atomic mass is 16.6. The third kappa shape index (κ3) is 2.66. The minimum absolute atomic E-state index is 0.0543. The van der Waals surface area contributed by atoms with Gasteiger partial charge in [-0.05, 0) is 22.4 Å². The van der Waals surface area contributed by atoms with Crippen LogP contribution >= 0.6 is 0 Å². The lowest BCUT2D eigenvalue weighted by Crippen LogP contribution is -2.18. The van der Waals surface area contributed by atoms with E-state index in [1.807, 2.05) is 42.5 Å². The molecular formula is C14H12O4. The minimum atomic E-state index is -0.990. The molecule has 0 amide bonds. The Balaban J connectivity index is 2.08. The topological polar surface area (TPSA) is 52.6 Å². The predicted octanol–water partition coefficient (Wildman–Crippen LogP) is 2.06. The van der Waals surface area contributed by atoms with Crippen molar-refractivity contribution in [1.82, 2.24) is 0 Å². The van der Waals surface area contributed by atoms with E-state index >= 15 is 0 Å². The highest BCUT2D eigenvalue weighted by Crippen LogP contribution is 2.16. The standard InChI is InChI=1S/C14H12O4/c1-17-13(15)14(16)18-9-10-6-7-11-4-2-3-5-12(11)8-10/h2-8H,9H2,1H3. The van der Waals surface area contributed by atoms with E-state index in [1.165, 1.54) is 0 Å². The second kappa shape index (κ2) is 5.31. The van der Waals surface area contributed by atoms with Crippen molar-refractivity contribution in [2.24, 2.45) is 0 Å². The summed E-state index contributed by atoms with van der Waals surface area (Å²) in [7, 11) is 1.14. The first-order chi connectivity index (χ1) is 8.70. The zero-order chi connectivity index (χ0) is 13.0. The molecule has 0 radical (unpaired) electrons. The predicted molar refractivity (Wildman–Crippen MR) is 65.8 cm³/mol. The average molecular weight is 244 g/mol. The van der Waals surface area contributed by atoms with E-state index < -0.39 is 11.9 Å². The maximum atomic E-state index is 11.1. The molecule has 0 saturated carbocycles. The Kier molecular flexibility index (Phi) is 3.57. The Morgan fingerprint density at radius 2 is 1.72 bits per heavy atom. The fourth-order valence-corrected chi connectivity index (χ4v) is 1.62. The zero-order valence-corrected chi connectivity index (χ0v) is 9.88. The molecule has 4 nitrogen and oxygen atoms in total. The van der Waals surface area contributed by atoms with Gasteiger partial charge in [0.05, 0.1) is 7.11 Å². The van der Waals surface area contributed by atoms with Crippen molar-refractivity contribution < 1.29 is 19.1 Å². The first-order valence-electron chi connectivity index (χ1n) is 5.43. The third-order valence-corrected chi connectivity index (χ3v) is 2.54. The molecule has 0 atom stereocenters. The second-order valence-electron chi connectivity index (χ2n) is 3.75. The van der Waals surface area contributed by atoms with Crippen LogP contribution in [0.4, 0.5) is 0 Å². The molecule has 4 heteroatoms. The van der Waals surface area contributed by atoms with Crippen LogP contribution in [0.5, 0.6) is 0 Å². The van der Waals surface area contributed by atoms with Crippen LogP contribution in [0.1, 0.15) is 5.56 Å². The molecule has 2 aromatic rings. The van der Waals surface area contributed by atoms with E-state index in [0.717, 1.165) is 23.4 Å². The number of hydrogen-bond donors (Lipinski definition) is 0. The van der Waals surface area contributed by atoms with Crippen LogP contribution in [0.25, 0.3) is 10.8 Å². The van der Waals surface area contributed by atoms with Gasteiger partial charge in [0.1, 0.15) is 6.61 Å². The molecule has 0 unspecified atom stereocenters. The largest absolute Gasteiger partial charge is 0.461 e. The van der Waals surface area contributed by atoms with E-state index in [2.05, 4.69) is 4.74 Å². The molecule has 92 valence electrons. The molecule has 0 saturated heterocycles. The van der Waals surface area contributed by atoms with E-state index in [9.17, 15) is 9.59 Å². The van der Waals surface area contributed by atoms with E-state index in [0.29, 0.717) is 0 Å². The number of carbonyl (C=O) groups excluding carboxylic acids is 2. The lowest BCUT2D eigenvalue weighted by Gasteiger charge is -2.05. The van der Waals surface area contributed by atoms with Gasteiger partial charge >= 0.3 is 11.9 Å². The zero-order valence-electron chi connectivity index (χ0n) is 9.88. The smallest absolute Gasteiger partial charge is 0.417 e. The van der Waals surface area contributed by atoms with Gasteiger partial charge in [-0.25, -0.2) is 9.59 Å². The van der Waals surface area contributed by atoms with Crippen molar-refractivity contribution in [1.29, 1.82) is 0 Å². The molecule has 0 aliphatic rings. The maximum absolute atomic E-state index is 11.1. The molecular weight excluding hydrogens is 232 g/mol. The molecule has 0 aliphatic carbocycles. The number of benzene rings is 2. The summed E-state index contributed by atoms with van der Waals surface area (Å²) < 4.78 is 9.07. The molecule has 0 heterocycles. The molecule has 2 rings (SSSR count). The Morgan fingerprint density at radius 1 is 1.00 bits per heavy atom. The first-order valence-corrected chi connectivity index (χ1v) is 5.43. The van der Waals surface area contributed by atoms with Gasteiger partial charge in [-0.15, -0.1) is 0 Å². The maximum Gasteiger partial charge on any atom is 0.417 e. The summed E-state index contributed by atoms with van der Waals surface area (Å²) in [6, 6.07) is 13.6. The Bertz CT molecular complexity index is 589. The van der Waals surface area contributed by atoms with Gasteiger partial charge < -0.3 is 9.47 Å². The van der Waals surface area contributed by atoms with Crippen LogP contribution in [-0.4, -0.2) is 19.0 Å². The fourth-order valence-electron chi connectivity index (χ4n) is 1.62. The lowest BCUT2D eigenvalue weighted by molar-refractivity contribution is -0.166. The van der Waals surface area contributed by atoms with E-state index in [-0.39, 0.29) is 6.61 Å². The summed E-state index contributed by atoms with van der Waals surface area (Å²) >= 11 is 0. The molecule has 0 N–H and O–H groups in total. The van der Waals surface area contributed by atoms with Crippen molar-refractivity contribution in [2.45, 2.75) is 6.61 Å². The number of methoxy groups -OCH3 is 1. The van der Waals surface area contributed by atoms with E-state index in [4.69, 9.17) is 4.74 Å². The molecule has 0 fully saturated rings. The quantitative estimate of drug-likeness (QED) is 0.599. The molecule has 0 bridgehead atoms. The van der Waals surface area contributed by atoms with Crippen LogP contribution in [-0.2, 0) is 25.7 Å². The van der Waals surface area contributed by atoms with Gasteiger partial charge in [-0.2, -0.15) is 0 Å². The van der Waals surface area contributed by atoms with Crippen LogP contribution < -0.4 is 0 Å². The van der Waals surface area contributed by atoms with Gasteiger partial charge in [0.2, 0.25) is 0 Å².